The molecule has 1 saturated carbocycles. The number of primary sulfonamides is 1. The minimum absolute atomic E-state index is 0.0173. The Morgan fingerprint density at radius 3 is 2.39 bits per heavy atom. The molecule has 2 rings (SSSR count). The van der Waals surface area contributed by atoms with E-state index in [-0.39, 0.29) is 10.4 Å². The summed E-state index contributed by atoms with van der Waals surface area (Å²) in [5.74, 6) is 0. The molecular weight excluding hydrogens is 250 g/mol. The first-order valence-electron chi connectivity index (χ1n) is 6.00. The van der Waals surface area contributed by atoms with Gasteiger partial charge in [-0.15, -0.1) is 0 Å². The van der Waals surface area contributed by atoms with E-state index in [1.165, 1.54) is 25.0 Å². The lowest BCUT2D eigenvalue weighted by atomic mass is 10.0. The first-order valence-corrected chi connectivity index (χ1v) is 7.55. The summed E-state index contributed by atoms with van der Waals surface area (Å²) in [6.07, 6.45) is 4.53. The fourth-order valence-corrected chi connectivity index (χ4v) is 3.08. The molecule has 0 atom stereocenters. The molecule has 0 amide bonds. The summed E-state index contributed by atoms with van der Waals surface area (Å²) in [6.45, 7) is 2.14. The predicted octanol–water partition coefficient (Wildman–Crippen LogP) is 1.66. The second-order valence-corrected chi connectivity index (χ2v) is 6.79. The topological polar surface area (TPSA) is 98.2 Å². The second kappa shape index (κ2) is 4.44. The molecule has 0 spiro atoms. The van der Waals surface area contributed by atoms with Crippen molar-refractivity contribution >= 4 is 21.4 Å². The number of nitrogens with two attached hydrogens (primary N) is 2. The van der Waals surface area contributed by atoms with Crippen molar-refractivity contribution in [1.82, 2.24) is 0 Å². The molecule has 0 aliphatic heterocycles. The monoisotopic (exact) mass is 269 g/mol. The Morgan fingerprint density at radius 2 is 1.83 bits per heavy atom. The van der Waals surface area contributed by atoms with Crippen LogP contribution in [-0.4, -0.2) is 14.0 Å². The van der Waals surface area contributed by atoms with Crippen LogP contribution in [0.2, 0.25) is 0 Å². The van der Waals surface area contributed by atoms with Crippen LogP contribution in [0, 0.1) is 0 Å². The average Bonchev–Trinajstić information content (AvgIpc) is 2.62. The van der Waals surface area contributed by atoms with Crippen molar-refractivity contribution in [2.75, 3.05) is 11.1 Å². The highest BCUT2D eigenvalue weighted by Gasteiger charge is 2.28. The summed E-state index contributed by atoms with van der Waals surface area (Å²) in [6, 6.07) is 4.64. The van der Waals surface area contributed by atoms with Crippen LogP contribution in [-0.2, 0) is 10.0 Å². The van der Waals surface area contributed by atoms with Gasteiger partial charge in [-0.25, -0.2) is 13.6 Å². The minimum atomic E-state index is -3.72. The Balaban J connectivity index is 2.31. The van der Waals surface area contributed by atoms with Gasteiger partial charge in [-0.05, 0) is 38.0 Å². The molecule has 5 nitrogen and oxygen atoms in total. The van der Waals surface area contributed by atoms with Crippen LogP contribution in [0.3, 0.4) is 0 Å². The van der Waals surface area contributed by atoms with Gasteiger partial charge >= 0.3 is 0 Å². The van der Waals surface area contributed by atoms with Crippen molar-refractivity contribution < 1.29 is 8.42 Å². The lowest BCUT2D eigenvalue weighted by Crippen LogP contribution is -2.30. The summed E-state index contributed by atoms with van der Waals surface area (Å²) in [7, 11) is -3.72. The van der Waals surface area contributed by atoms with E-state index in [1.807, 2.05) is 0 Å². The van der Waals surface area contributed by atoms with Crippen molar-refractivity contribution in [1.29, 1.82) is 0 Å². The molecule has 1 aromatic rings. The van der Waals surface area contributed by atoms with Crippen molar-refractivity contribution in [2.24, 2.45) is 5.14 Å². The maximum Gasteiger partial charge on any atom is 0.238 e. The van der Waals surface area contributed by atoms with E-state index in [0.717, 1.165) is 12.8 Å². The number of hydrogen-bond donors (Lipinski definition) is 3. The molecule has 18 heavy (non-hydrogen) atoms. The number of sulfonamides is 1. The molecule has 0 aromatic heterocycles. The molecule has 0 heterocycles. The van der Waals surface area contributed by atoms with Gasteiger partial charge in [0.1, 0.15) is 0 Å². The van der Waals surface area contributed by atoms with Crippen LogP contribution in [0.25, 0.3) is 0 Å². The van der Waals surface area contributed by atoms with Gasteiger partial charge in [0.15, 0.2) is 0 Å². The number of benzene rings is 1. The van der Waals surface area contributed by atoms with Gasteiger partial charge in [0.25, 0.3) is 0 Å². The quantitative estimate of drug-likeness (QED) is 0.727. The summed E-state index contributed by atoms with van der Waals surface area (Å²) in [5.41, 5.74) is 6.84. The summed E-state index contributed by atoms with van der Waals surface area (Å²) in [5, 5.41) is 8.50. The van der Waals surface area contributed by atoms with Crippen LogP contribution in [0.1, 0.15) is 32.6 Å². The van der Waals surface area contributed by atoms with Crippen molar-refractivity contribution in [2.45, 2.75) is 43.0 Å². The standard InChI is InChI=1S/C12H19N3O2S/c1-12(4-2-3-5-12)15-10-6-9(13)7-11(8-10)18(14,16)17/h6-8,15H,2-5,13H2,1H3,(H2,14,16,17). The molecule has 0 saturated heterocycles. The number of anilines is 2. The largest absolute Gasteiger partial charge is 0.399 e. The van der Waals surface area contributed by atoms with Crippen LogP contribution < -0.4 is 16.2 Å². The third kappa shape index (κ3) is 2.94. The minimum Gasteiger partial charge on any atom is -0.399 e. The molecular formula is C12H19N3O2S. The Labute approximate surface area is 108 Å². The normalized spacial score (nSPS) is 18.8. The van der Waals surface area contributed by atoms with E-state index in [4.69, 9.17) is 10.9 Å². The van der Waals surface area contributed by atoms with Gasteiger partial charge in [-0.2, -0.15) is 0 Å². The molecule has 0 radical (unpaired) electrons. The first kappa shape index (κ1) is 13.2. The average molecular weight is 269 g/mol. The molecule has 100 valence electrons. The van der Waals surface area contributed by atoms with E-state index in [1.54, 1.807) is 6.07 Å². The van der Waals surface area contributed by atoms with Crippen LogP contribution >= 0.6 is 0 Å². The fraction of sp³-hybridized carbons (Fsp3) is 0.500. The number of rotatable bonds is 3. The van der Waals surface area contributed by atoms with Crippen LogP contribution in [0.15, 0.2) is 23.1 Å². The SMILES string of the molecule is CC1(Nc2cc(N)cc(S(N)(=O)=O)c2)CCCC1. The molecule has 0 unspecified atom stereocenters. The zero-order valence-electron chi connectivity index (χ0n) is 10.4. The second-order valence-electron chi connectivity index (χ2n) is 5.23. The summed E-state index contributed by atoms with van der Waals surface area (Å²) < 4.78 is 22.7. The van der Waals surface area contributed by atoms with Gasteiger partial charge in [-0.1, -0.05) is 12.8 Å². The third-order valence-electron chi connectivity index (χ3n) is 3.41. The highest BCUT2D eigenvalue weighted by Crippen LogP contribution is 2.33. The van der Waals surface area contributed by atoms with E-state index in [2.05, 4.69) is 12.2 Å². The zero-order valence-corrected chi connectivity index (χ0v) is 11.3. The lowest BCUT2D eigenvalue weighted by Gasteiger charge is -2.27. The molecule has 1 aromatic carbocycles. The van der Waals surface area contributed by atoms with Crippen LogP contribution in [0.5, 0.6) is 0 Å². The fourth-order valence-electron chi connectivity index (χ4n) is 2.49. The molecule has 1 aliphatic rings. The van der Waals surface area contributed by atoms with Gasteiger partial charge < -0.3 is 11.1 Å². The number of nitrogen functional groups attached to an aromatic ring is 1. The Kier molecular flexibility index (Phi) is 3.25. The Bertz CT molecular complexity index is 548. The smallest absolute Gasteiger partial charge is 0.238 e. The lowest BCUT2D eigenvalue weighted by molar-refractivity contribution is 0.533. The molecule has 1 fully saturated rings. The van der Waals surface area contributed by atoms with Crippen molar-refractivity contribution in [3.8, 4) is 0 Å². The van der Waals surface area contributed by atoms with Gasteiger partial charge in [0, 0.05) is 16.9 Å². The predicted molar refractivity (Wildman–Crippen MR) is 72.7 cm³/mol. The molecule has 1 aliphatic carbocycles. The third-order valence-corrected chi connectivity index (χ3v) is 4.30. The Hall–Kier alpha value is -1.27. The molecule has 6 heteroatoms. The van der Waals surface area contributed by atoms with E-state index in [9.17, 15) is 8.42 Å². The van der Waals surface area contributed by atoms with Crippen LogP contribution in [0.4, 0.5) is 11.4 Å². The zero-order chi connectivity index (χ0) is 13.4. The van der Waals surface area contributed by atoms with Gasteiger partial charge in [0.05, 0.1) is 4.90 Å². The molecule has 5 N–H and O–H groups in total. The number of nitrogens with one attached hydrogen (secondary N) is 1. The maximum absolute atomic E-state index is 11.3. The van der Waals surface area contributed by atoms with Gasteiger partial charge in [-0.3, -0.25) is 0 Å². The van der Waals surface area contributed by atoms with E-state index >= 15 is 0 Å². The summed E-state index contributed by atoms with van der Waals surface area (Å²) in [4.78, 5) is 0.0478. The maximum atomic E-state index is 11.3. The highest BCUT2D eigenvalue weighted by atomic mass is 32.2. The van der Waals surface area contributed by atoms with E-state index in [0.29, 0.717) is 11.4 Å². The number of hydrogen-bond acceptors (Lipinski definition) is 4. The van der Waals surface area contributed by atoms with E-state index < -0.39 is 10.0 Å². The Morgan fingerprint density at radius 1 is 1.22 bits per heavy atom. The van der Waals surface area contributed by atoms with Crippen molar-refractivity contribution in [3.05, 3.63) is 18.2 Å². The van der Waals surface area contributed by atoms with Crippen molar-refractivity contribution in [3.63, 3.8) is 0 Å². The first-order chi connectivity index (χ1) is 8.28. The highest BCUT2D eigenvalue weighted by molar-refractivity contribution is 7.89. The molecule has 0 bridgehead atoms. The van der Waals surface area contributed by atoms with Gasteiger partial charge in [0.2, 0.25) is 10.0 Å². The summed E-state index contributed by atoms with van der Waals surface area (Å²) >= 11 is 0.